The van der Waals surface area contributed by atoms with Crippen LogP contribution < -0.4 is 9.05 Å². The van der Waals surface area contributed by atoms with Crippen molar-refractivity contribution in [3.63, 3.8) is 0 Å². The molecule has 6 rings (SSSR count). The van der Waals surface area contributed by atoms with E-state index in [1.165, 1.54) is 32.7 Å². The van der Waals surface area contributed by atoms with Crippen LogP contribution in [0.15, 0.2) is 97.1 Å². The van der Waals surface area contributed by atoms with Gasteiger partial charge in [-0.05, 0) is 35.7 Å². The summed E-state index contributed by atoms with van der Waals surface area (Å²) >= 11 is 0. The van der Waals surface area contributed by atoms with Gasteiger partial charge in [0.15, 0.2) is 0 Å². The molecule has 0 bridgehead atoms. The van der Waals surface area contributed by atoms with Gasteiger partial charge in [-0.3, -0.25) is 0 Å². The Morgan fingerprint density at radius 2 is 1.05 bits per heavy atom. The van der Waals surface area contributed by atoms with Gasteiger partial charge in [-0.15, -0.1) is 24.3 Å². The Morgan fingerprint density at radius 3 is 1.46 bits per heavy atom. The Kier molecular flexibility index (Phi) is 10.2. The average Bonchev–Trinajstić information content (AvgIpc) is 3.63. The van der Waals surface area contributed by atoms with Gasteiger partial charge in [0.05, 0.1) is 0 Å². The second-order valence-corrected chi connectivity index (χ2v) is 11.4. The minimum absolute atomic E-state index is 0. The molecule has 0 saturated heterocycles. The Labute approximate surface area is 235 Å². The van der Waals surface area contributed by atoms with Crippen molar-refractivity contribution in [2.75, 3.05) is 0 Å². The SMILES string of the molecule is Cc1ccc2ccccc2c1OP[C@@H]1C=CC[CH-]1.Cc1ccc2ccccc2c1OP[C@H]1C=CC[CH-]1.[Fe+2]. The Balaban J connectivity index is 0.000000168. The third kappa shape index (κ3) is 7.04. The van der Waals surface area contributed by atoms with E-state index in [9.17, 15) is 0 Å². The molecule has 4 aromatic carbocycles. The van der Waals surface area contributed by atoms with Crippen LogP contribution in [0.25, 0.3) is 21.5 Å². The third-order valence-corrected chi connectivity index (χ3v) is 8.53. The van der Waals surface area contributed by atoms with E-state index in [2.05, 4.69) is 124 Å². The van der Waals surface area contributed by atoms with E-state index in [-0.39, 0.29) is 17.1 Å². The van der Waals surface area contributed by atoms with Gasteiger partial charge in [0.25, 0.3) is 0 Å². The van der Waals surface area contributed by atoms with Crippen LogP contribution in [0.5, 0.6) is 11.5 Å². The van der Waals surface area contributed by atoms with Gasteiger partial charge in [-0.2, -0.15) is 12.8 Å². The Hall–Kier alpha value is -2.14. The smallest absolute Gasteiger partial charge is 0.478 e. The summed E-state index contributed by atoms with van der Waals surface area (Å²) in [4.78, 5) is 0. The fraction of sp³-hybridized carbons (Fsp3) is 0.188. The van der Waals surface area contributed by atoms with E-state index in [0.717, 1.165) is 24.3 Å². The van der Waals surface area contributed by atoms with Crippen molar-refractivity contribution in [2.45, 2.75) is 38.0 Å². The summed E-state index contributed by atoms with van der Waals surface area (Å²) in [6, 6.07) is 25.4. The summed E-state index contributed by atoms with van der Waals surface area (Å²) in [5.41, 5.74) is 3.40. The minimum Gasteiger partial charge on any atom is -0.478 e. The van der Waals surface area contributed by atoms with Gasteiger partial charge in [0.2, 0.25) is 0 Å². The number of rotatable bonds is 6. The molecule has 0 spiro atoms. The van der Waals surface area contributed by atoms with E-state index in [1.807, 2.05) is 0 Å². The monoisotopic (exact) mass is 566 g/mol. The van der Waals surface area contributed by atoms with Crippen molar-refractivity contribution in [3.8, 4) is 11.5 Å². The summed E-state index contributed by atoms with van der Waals surface area (Å²) in [5.74, 6) is 2.08. The molecule has 4 aromatic rings. The van der Waals surface area contributed by atoms with E-state index in [0.29, 0.717) is 28.9 Å². The molecule has 0 saturated carbocycles. The number of fused-ring (bicyclic) bond motifs is 2. The maximum atomic E-state index is 6.08. The van der Waals surface area contributed by atoms with Crippen molar-refractivity contribution < 1.29 is 26.1 Å². The predicted octanol–water partition coefficient (Wildman–Crippen LogP) is 9.30. The molecule has 0 aliphatic heterocycles. The Bertz CT molecular complexity index is 1290. The first-order valence-corrected chi connectivity index (χ1v) is 14.5. The second kappa shape index (κ2) is 13.6. The van der Waals surface area contributed by atoms with Gasteiger partial charge in [-0.1, -0.05) is 84.1 Å². The molecule has 190 valence electrons. The van der Waals surface area contributed by atoms with Gasteiger partial charge in [-0.25, -0.2) is 0 Å². The van der Waals surface area contributed by atoms with Crippen LogP contribution in [-0.4, -0.2) is 11.3 Å². The average molecular weight is 566 g/mol. The van der Waals surface area contributed by atoms with Crippen molar-refractivity contribution in [1.82, 2.24) is 0 Å². The normalized spacial score (nSPS) is 18.5. The van der Waals surface area contributed by atoms with Crippen molar-refractivity contribution in [1.29, 1.82) is 0 Å². The molecule has 37 heavy (non-hydrogen) atoms. The first-order valence-electron chi connectivity index (χ1n) is 12.5. The predicted molar refractivity (Wildman–Crippen MR) is 159 cm³/mol. The molecule has 0 fully saturated rings. The summed E-state index contributed by atoms with van der Waals surface area (Å²) in [6.45, 7) is 4.22. The minimum atomic E-state index is 0. The van der Waals surface area contributed by atoms with Crippen molar-refractivity contribution >= 4 is 39.2 Å². The molecule has 4 atom stereocenters. The van der Waals surface area contributed by atoms with Crippen LogP contribution >= 0.6 is 17.6 Å². The van der Waals surface area contributed by atoms with Crippen LogP contribution in [0, 0.1) is 26.7 Å². The first-order chi connectivity index (χ1) is 17.7. The number of hydrogen-bond donors (Lipinski definition) is 0. The molecule has 0 aromatic heterocycles. The number of allylic oxidation sites excluding steroid dienone is 4. The molecular formula is C32H32FeO2P2. The first kappa shape index (κ1) is 27.9. The molecule has 2 unspecified atom stereocenters. The largest absolute Gasteiger partial charge is 2.00 e. The zero-order valence-corrected chi connectivity index (χ0v) is 24.2. The van der Waals surface area contributed by atoms with Gasteiger partial charge >= 0.3 is 17.1 Å². The molecule has 0 N–H and O–H groups in total. The maximum absolute atomic E-state index is 6.08. The van der Waals surface area contributed by atoms with Gasteiger partial charge in [0, 0.05) is 28.4 Å². The standard InChI is InChI=1S/2C16H16OP.Fe/c2*1-12-10-11-13-6-2-5-9-15(13)16(12)17-18-14-7-3-4-8-14;/h2*2-3,5-11,14,18H,4H2,1H3;/q2*-1;+2/t2*14-;/m10./s1. The second-order valence-electron chi connectivity index (χ2n) is 9.16. The maximum Gasteiger partial charge on any atom is 2.00 e. The molecule has 0 heterocycles. The number of hydrogen-bond acceptors (Lipinski definition) is 2. The summed E-state index contributed by atoms with van der Waals surface area (Å²) in [7, 11) is 0.961. The quantitative estimate of drug-likeness (QED) is 0.100. The van der Waals surface area contributed by atoms with Crippen LogP contribution in [0.1, 0.15) is 24.0 Å². The summed E-state index contributed by atoms with van der Waals surface area (Å²) in [5, 5.41) is 4.92. The van der Waals surface area contributed by atoms with Crippen molar-refractivity contribution in [3.05, 3.63) is 121 Å². The van der Waals surface area contributed by atoms with Crippen LogP contribution in [0.3, 0.4) is 0 Å². The summed E-state index contributed by atoms with van der Waals surface area (Å²) in [6.07, 6.45) is 15.6. The summed E-state index contributed by atoms with van der Waals surface area (Å²) < 4.78 is 12.2. The molecule has 2 aliphatic carbocycles. The van der Waals surface area contributed by atoms with Crippen LogP contribution in [-0.2, 0) is 17.1 Å². The molecule has 2 nitrogen and oxygen atoms in total. The number of aryl methyl sites for hydroxylation is 2. The fourth-order valence-electron chi connectivity index (χ4n) is 4.46. The number of benzene rings is 4. The zero-order valence-electron chi connectivity index (χ0n) is 21.1. The van der Waals surface area contributed by atoms with E-state index in [4.69, 9.17) is 9.05 Å². The molecule has 0 radical (unpaired) electrons. The fourth-order valence-corrected chi connectivity index (χ4v) is 6.41. The van der Waals surface area contributed by atoms with Crippen LogP contribution in [0.2, 0.25) is 0 Å². The van der Waals surface area contributed by atoms with Crippen LogP contribution in [0.4, 0.5) is 0 Å². The molecular weight excluding hydrogens is 534 g/mol. The molecule has 5 heteroatoms. The van der Waals surface area contributed by atoms with Gasteiger partial charge in [0.1, 0.15) is 11.5 Å². The topological polar surface area (TPSA) is 18.5 Å². The van der Waals surface area contributed by atoms with E-state index < -0.39 is 0 Å². The van der Waals surface area contributed by atoms with E-state index in [1.54, 1.807) is 0 Å². The Morgan fingerprint density at radius 1 is 0.622 bits per heavy atom. The van der Waals surface area contributed by atoms with Crippen molar-refractivity contribution in [2.24, 2.45) is 0 Å². The molecule has 2 aliphatic rings. The van der Waals surface area contributed by atoms with Gasteiger partial charge < -0.3 is 21.9 Å². The molecule has 0 amide bonds. The van der Waals surface area contributed by atoms with E-state index >= 15 is 0 Å². The zero-order chi connectivity index (χ0) is 24.7. The third-order valence-electron chi connectivity index (χ3n) is 6.49.